The Balaban J connectivity index is 2.27. The van der Waals surface area contributed by atoms with Crippen molar-refractivity contribution in [2.24, 2.45) is 0 Å². The molecule has 10 heteroatoms. The Morgan fingerprint density at radius 2 is 2.25 bits per heavy atom. The van der Waals surface area contributed by atoms with Gasteiger partial charge in [0.2, 0.25) is 0 Å². The molecule has 2 amide bonds. The summed E-state index contributed by atoms with van der Waals surface area (Å²) < 4.78 is 12.9. The number of halogens is 1. The van der Waals surface area contributed by atoms with Crippen LogP contribution in [-0.2, 0) is 6.42 Å². The van der Waals surface area contributed by atoms with Crippen molar-refractivity contribution in [3.8, 4) is 0 Å². The molecule has 9 nitrogen and oxygen atoms in total. The smallest absolute Gasteiger partial charge is 0.405 e. The van der Waals surface area contributed by atoms with Gasteiger partial charge in [-0.25, -0.2) is 9.18 Å². The van der Waals surface area contributed by atoms with E-state index < -0.39 is 29.6 Å². The van der Waals surface area contributed by atoms with Crippen molar-refractivity contribution in [2.45, 2.75) is 12.5 Å². The van der Waals surface area contributed by atoms with E-state index in [0.29, 0.717) is 17.7 Å². The Hall–Kier alpha value is -2.91. The summed E-state index contributed by atoms with van der Waals surface area (Å²) in [6.07, 6.45) is -0.934. The number of carbonyl (C=O) groups excluding carboxylic acids is 1. The molecule has 1 aliphatic rings. The third-order valence-corrected chi connectivity index (χ3v) is 3.81. The summed E-state index contributed by atoms with van der Waals surface area (Å²) in [5, 5.41) is 24.5. The number of carboxylic acid groups (broad SMARTS) is 1. The van der Waals surface area contributed by atoms with Gasteiger partial charge in [-0.15, -0.1) is 0 Å². The zero-order chi connectivity index (χ0) is 17.9. The van der Waals surface area contributed by atoms with Crippen LogP contribution in [0.2, 0.25) is 0 Å². The lowest BCUT2D eigenvalue weighted by Gasteiger charge is -2.31. The van der Waals surface area contributed by atoms with Crippen molar-refractivity contribution in [1.29, 1.82) is 0 Å². The molecule has 3 N–H and O–H groups in total. The first-order chi connectivity index (χ1) is 11.4. The average molecular weight is 340 g/mol. The predicted octanol–water partition coefficient (Wildman–Crippen LogP) is 1.24. The summed E-state index contributed by atoms with van der Waals surface area (Å²) in [7, 11) is 1.55. The minimum absolute atomic E-state index is 0.136. The van der Waals surface area contributed by atoms with Gasteiger partial charge in [-0.05, 0) is 18.1 Å². The first-order valence-corrected chi connectivity index (χ1v) is 7.21. The minimum atomic E-state index is -1.38. The van der Waals surface area contributed by atoms with Crippen LogP contribution in [0.4, 0.5) is 20.6 Å². The molecular weight excluding hydrogens is 323 g/mol. The lowest BCUT2D eigenvalue weighted by atomic mass is 9.97. The number of nitrogens with one attached hydrogen (secondary N) is 2. The second kappa shape index (κ2) is 7.11. The van der Waals surface area contributed by atoms with Crippen molar-refractivity contribution in [2.75, 3.05) is 32.1 Å². The van der Waals surface area contributed by atoms with Crippen LogP contribution in [0.3, 0.4) is 0 Å². The number of nitrogens with zero attached hydrogens (tertiary/aromatic N) is 2. The highest BCUT2D eigenvalue weighted by Gasteiger charge is 2.30. The van der Waals surface area contributed by atoms with Crippen molar-refractivity contribution < 1.29 is 24.0 Å². The Morgan fingerprint density at radius 3 is 2.79 bits per heavy atom. The van der Waals surface area contributed by atoms with Crippen LogP contribution in [0, 0.1) is 10.1 Å². The molecule has 0 aromatic heterocycles. The Labute approximate surface area is 136 Å². The lowest BCUT2D eigenvalue weighted by molar-refractivity contribution is -0.384. The van der Waals surface area contributed by atoms with E-state index in [1.54, 1.807) is 13.1 Å². The number of carbonyl (C=O) groups is 2. The van der Waals surface area contributed by atoms with E-state index in [4.69, 9.17) is 5.11 Å². The van der Waals surface area contributed by atoms with Crippen LogP contribution >= 0.6 is 0 Å². The number of amides is 2. The van der Waals surface area contributed by atoms with E-state index in [9.17, 15) is 24.1 Å². The van der Waals surface area contributed by atoms with E-state index in [-0.39, 0.29) is 24.3 Å². The van der Waals surface area contributed by atoms with Gasteiger partial charge in [-0.1, -0.05) is 0 Å². The fourth-order valence-electron chi connectivity index (χ4n) is 2.67. The Morgan fingerprint density at radius 1 is 1.54 bits per heavy atom. The number of anilines is 1. The normalized spacial score (nSPS) is 14.8. The van der Waals surface area contributed by atoms with Crippen LogP contribution in [0.15, 0.2) is 12.1 Å². The van der Waals surface area contributed by atoms with Gasteiger partial charge < -0.3 is 20.6 Å². The van der Waals surface area contributed by atoms with Crippen LogP contribution in [-0.4, -0.2) is 59.8 Å². The van der Waals surface area contributed by atoms with Gasteiger partial charge in [0.05, 0.1) is 11.0 Å². The molecule has 130 valence electrons. The molecule has 0 bridgehead atoms. The molecule has 0 spiro atoms. The molecule has 0 radical (unpaired) electrons. The highest BCUT2D eigenvalue weighted by molar-refractivity contribution is 5.98. The summed E-state index contributed by atoms with van der Waals surface area (Å²) >= 11 is 0. The number of hydrogen-bond donors (Lipinski definition) is 3. The van der Waals surface area contributed by atoms with Crippen LogP contribution in [0.25, 0.3) is 0 Å². The second-order valence-corrected chi connectivity index (χ2v) is 5.34. The second-order valence-electron chi connectivity index (χ2n) is 5.34. The largest absolute Gasteiger partial charge is 0.465 e. The van der Waals surface area contributed by atoms with Gasteiger partial charge in [-0.3, -0.25) is 14.9 Å². The fraction of sp³-hybridized carbons (Fsp3) is 0.429. The first-order valence-electron chi connectivity index (χ1n) is 7.21. The minimum Gasteiger partial charge on any atom is -0.465 e. The maximum atomic E-state index is 12.9. The molecule has 0 fully saturated rings. The molecule has 0 aliphatic carbocycles. The molecule has 0 unspecified atom stereocenters. The van der Waals surface area contributed by atoms with E-state index >= 15 is 0 Å². The van der Waals surface area contributed by atoms with E-state index in [1.165, 1.54) is 11.0 Å². The third-order valence-electron chi connectivity index (χ3n) is 3.81. The maximum absolute atomic E-state index is 12.9. The predicted molar refractivity (Wildman–Crippen MR) is 83.2 cm³/mol. The zero-order valence-electron chi connectivity index (χ0n) is 12.9. The van der Waals surface area contributed by atoms with Crippen molar-refractivity contribution >= 4 is 23.4 Å². The number of fused-ring (bicyclic) bond motifs is 1. The summed E-state index contributed by atoms with van der Waals surface area (Å²) in [6, 6.07) is 1.72. The molecule has 1 aliphatic heterocycles. The van der Waals surface area contributed by atoms with Gasteiger partial charge in [0.25, 0.3) is 11.6 Å². The van der Waals surface area contributed by atoms with Crippen LogP contribution in [0.5, 0.6) is 0 Å². The number of alkyl halides is 1. The number of hydrogen-bond acceptors (Lipinski definition) is 5. The Kier molecular flexibility index (Phi) is 5.17. The van der Waals surface area contributed by atoms with Gasteiger partial charge in [0.1, 0.15) is 12.4 Å². The van der Waals surface area contributed by atoms with Crippen molar-refractivity contribution in [1.82, 2.24) is 10.2 Å². The lowest BCUT2D eigenvalue weighted by Crippen LogP contribution is -2.48. The third kappa shape index (κ3) is 3.53. The van der Waals surface area contributed by atoms with Crippen LogP contribution in [0.1, 0.15) is 15.9 Å². The van der Waals surface area contributed by atoms with E-state index in [2.05, 4.69) is 5.32 Å². The number of benzene rings is 1. The molecular formula is C14H17FN4O5. The zero-order valence-corrected chi connectivity index (χ0v) is 12.9. The first kappa shape index (κ1) is 17.4. The molecule has 1 aromatic carbocycles. The molecule has 0 saturated heterocycles. The maximum Gasteiger partial charge on any atom is 0.405 e. The van der Waals surface area contributed by atoms with Gasteiger partial charge in [0, 0.05) is 31.8 Å². The highest BCUT2D eigenvalue weighted by atomic mass is 19.1. The number of nitro groups is 1. The average Bonchev–Trinajstić information content (AvgIpc) is 2.54. The standard InChI is InChI=1S/C14H17FN4O5/c1-16-11-4-8-2-3-18(7-9(6-15)17-14(21)22)13(20)10(8)5-12(11)19(23)24/h4-5,9,16-17H,2-3,6-7H2,1H3,(H,21,22)/t9-/m1/s1. The molecule has 0 saturated carbocycles. The molecule has 1 heterocycles. The van der Waals surface area contributed by atoms with Crippen molar-refractivity contribution in [3.05, 3.63) is 33.4 Å². The molecule has 24 heavy (non-hydrogen) atoms. The quantitative estimate of drug-likeness (QED) is 0.528. The number of nitro benzene ring substituents is 1. The SMILES string of the molecule is CNc1cc2c(cc1[N+](=O)[O-])C(=O)N(C[C@@H](CF)NC(=O)O)CC2. The summed E-state index contributed by atoms with van der Waals surface area (Å²) in [6.45, 7) is -0.810. The summed E-state index contributed by atoms with van der Waals surface area (Å²) in [5.74, 6) is -0.479. The highest BCUT2D eigenvalue weighted by Crippen LogP contribution is 2.31. The van der Waals surface area contributed by atoms with Crippen LogP contribution < -0.4 is 10.6 Å². The monoisotopic (exact) mass is 340 g/mol. The van der Waals surface area contributed by atoms with Gasteiger partial charge in [-0.2, -0.15) is 0 Å². The van der Waals surface area contributed by atoms with E-state index in [1.807, 2.05) is 5.32 Å². The van der Waals surface area contributed by atoms with E-state index in [0.717, 1.165) is 0 Å². The molecule has 1 aromatic rings. The fourth-order valence-corrected chi connectivity index (χ4v) is 2.67. The van der Waals surface area contributed by atoms with Gasteiger partial charge >= 0.3 is 6.09 Å². The molecule has 2 rings (SSSR count). The summed E-state index contributed by atoms with van der Waals surface area (Å²) in [5.41, 5.74) is 0.931. The van der Waals surface area contributed by atoms with Crippen molar-refractivity contribution in [3.63, 3.8) is 0 Å². The number of rotatable bonds is 6. The van der Waals surface area contributed by atoms with Gasteiger partial charge in [0.15, 0.2) is 0 Å². The molecule has 1 atom stereocenters. The topological polar surface area (TPSA) is 125 Å². The Bertz CT molecular complexity index is 681. The summed E-state index contributed by atoms with van der Waals surface area (Å²) in [4.78, 5) is 35.0.